The van der Waals surface area contributed by atoms with Gasteiger partial charge in [0.2, 0.25) is 0 Å². The maximum atomic E-state index is 11.2. The standard InChI is InChI=1S/C12H16O3/c1-3-5-12(14)15-9(2)10-6-4-7-11(13)8-10/h4,6-9,13H,3,5H2,1-2H3/t9-/m1/s1. The maximum absolute atomic E-state index is 11.2. The largest absolute Gasteiger partial charge is 0.508 e. The SMILES string of the molecule is CCCC(=O)O[C@H](C)c1cccc(O)c1. The van der Waals surface area contributed by atoms with Crippen LogP contribution in [0.2, 0.25) is 0 Å². The predicted molar refractivity (Wildman–Crippen MR) is 57.5 cm³/mol. The van der Waals surface area contributed by atoms with Crippen LogP contribution >= 0.6 is 0 Å². The predicted octanol–water partition coefficient (Wildman–Crippen LogP) is 2.80. The fourth-order valence-corrected chi connectivity index (χ4v) is 1.31. The van der Waals surface area contributed by atoms with E-state index in [2.05, 4.69) is 0 Å². The third-order valence-corrected chi connectivity index (χ3v) is 2.10. The fourth-order valence-electron chi connectivity index (χ4n) is 1.31. The second-order valence-corrected chi connectivity index (χ2v) is 3.48. The zero-order valence-corrected chi connectivity index (χ0v) is 9.06. The Morgan fingerprint density at radius 3 is 2.87 bits per heavy atom. The summed E-state index contributed by atoms with van der Waals surface area (Å²) in [4.78, 5) is 11.2. The molecule has 0 amide bonds. The molecule has 0 aliphatic rings. The maximum Gasteiger partial charge on any atom is 0.306 e. The summed E-state index contributed by atoms with van der Waals surface area (Å²) in [6, 6.07) is 6.74. The van der Waals surface area contributed by atoms with Gasteiger partial charge < -0.3 is 9.84 Å². The van der Waals surface area contributed by atoms with Crippen LogP contribution in [-0.4, -0.2) is 11.1 Å². The third kappa shape index (κ3) is 3.62. The van der Waals surface area contributed by atoms with Gasteiger partial charge in [0.05, 0.1) is 0 Å². The summed E-state index contributed by atoms with van der Waals surface area (Å²) in [5.74, 6) is -0.0146. The van der Waals surface area contributed by atoms with Crippen LogP contribution in [0.15, 0.2) is 24.3 Å². The Kier molecular flexibility index (Phi) is 4.16. The lowest BCUT2D eigenvalue weighted by Gasteiger charge is -2.13. The van der Waals surface area contributed by atoms with Gasteiger partial charge in [0.1, 0.15) is 11.9 Å². The van der Waals surface area contributed by atoms with Gasteiger partial charge >= 0.3 is 5.97 Å². The van der Waals surface area contributed by atoms with Crippen molar-refractivity contribution in [2.75, 3.05) is 0 Å². The summed E-state index contributed by atoms with van der Waals surface area (Å²) in [7, 11) is 0. The highest BCUT2D eigenvalue weighted by Gasteiger charge is 2.10. The Bertz CT molecular complexity index is 333. The van der Waals surface area contributed by atoms with Crippen molar-refractivity contribution in [3.05, 3.63) is 29.8 Å². The van der Waals surface area contributed by atoms with E-state index in [-0.39, 0.29) is 17.8 Å². The van der Waals surface area contributed by atoms with Gasteiger partial charge in [0.25, 0.3) is 0 Å². The molecule has 0 radical (unpaired) electrons. The van der Waals surface area contributed by atoms with Crippen molar-refractivity contribution < 1.29 is 14.6 Å². The van der Waals surface area contributed by atoms with E-state index in [1.807, 2.05) is 13.0 Å². The molecule has 1 rings (SSSR count). The number of benzene rings is 1. The lowest BCUT2D eigenvalue weighted by molar-refractivity contribution is -0.148. The van der Waals surface area contributed by atoms with Gasteiger partial charge in [0, 0.05) is 6.42 Å². The van der Waals surface area contributed by atoms with Crippen LogP contribution < -0.4 is 0 Å². The highest BCUT2D eigenvalue weighted by atomic mass is 16.5. The lowest BCUT2D eigenvalue weighted by Crippen LogP contribution is -2.08. The van der Waals surface area contributed by atoms with E-state index in [1.54, 1.807) is 25.1 Å². The zero-order chi connectivity index (χ0) is 11.3. The lowest BCUT2D eigenvalue weighted by atomic mass is 10.1. The smallest absolute Gasteiger partial charge is 0.306 e. The number of phenolic OH excluding ortho intramolecular Hbond substituents is 1. The van der Waals surface area contributed by atoms with Crippen LogP contribution in [0.4, 0.5) is 0 Å². The molecule has 3 heteroatoms. The molecule has 1 N–H and O–H groups in total. The van der Waals surface area contributed by atoms with Gasteiger partial charge in [-0.1, -0.05) is 19.1 Å². The zero-order valence-electron chi connectivity index (χ0n) is 9.06. The summed E-state index contributed by atoms with van der Waals surface area (Å²) < 4.78 is 5.18. The van der Waals surface area contributed by atoms with Crippen LogP contribution in [-0.2, 0) is 9.53 Å². The molecule has 0 heterocycles. The van der Waals surface area contributed by atoms with E-state index < -0.39 is 0 Å². The van der Waals surface area contributed by atoms with Gasteiger partial charge in [-0.25, -0.2) is 0 Å². The molecule has 0 aliphatic heterocycles. The van der Waals surface area contributed by atoms with Gasteiger partial charge in [-0.3, -0.25) is 4.79 Å². The van der Waals surface area contributed by atoms with Crippen molar-refractivity contribution in [1.29, 1.82) is 0 Å². The Morgan fingerprint density at radius 1 is 1.53 bits per heavy atom. The number of hydrogen-bond acceptors (Lipinski definition) is 3. The minimum atomic E-state index is -0.309. The number of aromatic hydroxyl groups is 1. The molecule has 3 nitrogen and oxygen atoms in total. The second-order valence-electron chi connectivity index (χ2n) is 3.48. The van der Waals surface area contributed by atoms with E-state index in [0.717, 1.165) is 12.0 Å². The number of rotatable bonds is 4. The molecule has 0 spiro atoms. The number of ether oxygens (including phenoxy) is 1. The van der Waals surface area contributed by atoms with E-state index in [4.69, 9.17) is 4.74 Å². The van der Waals surface area contributed by atoms with Crippen molar-refractivity contribution >= 4 is 5.97 Å². The molecule has 15 heavy (non-hydrogen) atoms. The number of esters is 1. The van der Waals surface area contributed by atoms with Crippen molar-refractivity contribution in [3.8, 4) is 5.75 Å². The highest BCUT2D eigenvalue weighted by Crippen LogP contribution is 2.21. The van der Waals surface area contributed by atoms with E-state index >= 15 is 0 Å². The Morgan fingerprint density at radius 2 is 2.27 bits per heavy atom. The molecular weight excluding hydrogens is 192 g/mol. The van der Waals surface area contributed by atoms with Gasteiger partial charge in [0.15, 0.2) is 0 Å². The van der Waals surface area contributed by atoms with Crippen LogP contribution in [0, 0.1) is 0 Å². The Labute approximate surface area is 89.7 Å². The van der Waals surface area contributed by atoms with Crippen molar-refractivity contribution in [1.82, 2.24) is 0 Å². The van der Waals surface area contributed by atoms with Gasteiger partial charge in [-0.05, 0) is 31.0 Å². The normalized spacial score (nSPS) is 12.1. The van der Waals surface area contributed by atoms with Crippen LogP contribution in [0.1, 0.15) is 38.4 Å². The topological polar surface area (TPSA) is 46.5 Å². The Balaban J connectivity index is 2.60. The number of carbonyl (C=O) groups excluding carboxylic acids is 1. The molecule has 0 fully saturated rings. The summed E-state index contributed by atoms with van der Waals surface area (Å²) >= 11 is 0. The minimum absolute atomic E-state index is 0.186. The summed E-state index contributed by atoms with van der Waals surface area (Å²) in [6.07, 6.45) is 0.908. The first-order chi connectivity index (χ1) is 7.13. The molecule has 0 saturated heterocycles. The monoisotopic (exact) mass is 208 g/mol. The number of hydrogen-bond donors (Lipinski definition) is 1. The van der Waals surface area contributed by atoms with Crippen molar-refractivity contribution in [2.45, 2.75) is 32.8 Å². The van der Waals surface area contributed by atoms with E-state index in [1.165, 1.54) is 0 Å². The highest BCUT2D eigenvalue weighted by molar-refractivity contribution is 5.69. The molecule has 0 aromatic heterocycles. The molecule has 1 aromatic rings. The van der Waals surface area contributed by atoms with Crippen LogP contribution in [0.25, 0.3) is 0 Å². The molecular formula is C12H16O3. The van der Waals surface area contributed by atoms with Crippen molar-refractivity contribution in [3.63, 3.8) is 0 Å². The molecule has 0 unspecified atom stereocenters. The summed E-state index contributed by atoms with van der Waals surface area (Å²) in [5, 5.41) is 9.26. The number of carbonyl (C=O) groups is 1. The molecule has 1 atom stereocenters. The van der Waals surface area contributed by atoms with Crippen molar-refractivity contribution in [2.24, 2.45) is 0 Å². The average Bonchev–Trinajstić information content (AvgIpc) is 2.18. The second kappa shape index (κ2) is 5.39. The summed E-state index contributed by atoms with van der Waals surface area (Å²) in [6.45, 7) is 3.72. The van der Waals surface area contributed by atoms with E-state index in [9.17, 15) is 9.90 Å². The van der Waals surface area contributed by atoms with E-state index in [0.29, 0.717) is 6.42 Å². The first-order valence-electron chi connectivity index (χ1n) is 5.12. The molecule has 0 bridgehead atoms. The fraction of sp³-hybridized carbons (Fsp3) is 0.417. The average molecular weight is 208 g/mol. The van der Waals surface area contributed by atoms with Gasteiger partial charge in [-0.15, -0.1) is 0 Å². The van der Waals surface area contributed by atoms with Crippen LogP contribution in [0.5, 0.6) is 5.75 Å². The molecule has 0 saturated carbocycles. The van der Waals surface area contributed by atoms with Gasteiger partial charge in [-0.2, -0.15) is 0 Å². The molecule has 82 valence electrons. The summed E-state index contributed by atoms with van der Waals surface area (Å²) in [5.41, 5.74) is 0.805. The van der Waals surface area contributed by atoms with Crippen LogP contribution in [0.3, 0.4) is 0 Å². The first-order valence-corrected chi connectivity index (χ1v) is 5.12. The first kappa shape index (κ1) is 11.6. The molecule has 0 aliphatic carbocycles. The third-order valence-electron chi connectivity index (χ3n) is 2.10. The minimum Gasteiger partial charge on any atom is -0.508 e. The Hall–Kier alpha value is -1.51. The quantitative estimate of drug-likeness (QED) is 0.774. The number of phenols is 1. The molecule has 1 aromatic carbocycles.